The fourth-order valence-corrected chi connectivity index (χ4v) is 2.25. The molecule has 0 saturated carbocycles. The molecule has 0 radical (unpaired) electrons. The molecule has 0 bridgehead atoms. The van der Waals surface area contributed by atoms with Gasteiger partial charge in [0.05, 0.1) is 11.6 Å². The Balaban J connectivity index is 2.05. The predicted molar refractivity (Wildman–Crippen MR) is 92.4 cm³/mol. The summed E-state index contributed by atoms with van der Waals surface area (Å²) in [5.41, 5.74) is 0.669. The van der Waals surface area contributed by atoms with E-state index in [9.17, 15) is 4.79 Å². The Hall–Kier alpha value is -2.20. The number of ether oxygens (including phenoxy) is 2. The lowest BCUT2D eigenvalue weighted by Gasteiger charge is -2.18. The summed E-state index contributed by atoms with van der Waals surface area (Å²) in [5.74, 6) is 0.991. The highest BCUT2D eigenvalue weighted by Gasteiger charge is 2.19. The lowest BCUT2D eigenvalue weighted by Crippen LogP contribution is -2.32. The third-order valence-corrected chi connectivity index (χ3v) is 3.49. The number of anilines is 1. The average molecular weight is 334 g/mol. The highest BCUT2D eigenvalue weighted by atomic mass is 35.5. The molecule has 2 aromatic carbocycles. The Morgan fingerprint density at radius 2 is 1.96 bits per heavy atom. The van der Waals surface area contributed by atoms with Crippen LogP contribution in [0.3, 0.4) is 0 Å². The van der Waals surface area contributed by atoms with E-state index in [1.54, 1.807) is 18.2 Å². The van der Waals surface area contributed by atoms with Gasteiger partial charge in [-0.1, -0.05) is 36.7 Å². The van der Waals surface area contributed by atoms with Crippen molar-refractivity contribution in [2.24, 2.45) is 0 Å². The molecule has 0 aliphatic rings. The van der Waals surface area contributed by atoms with Crippen LogP contribution < -0.4 is 14.8 Å². The molecule has 23 heavy (non-hydrogen) atoms. The minimum absolute atomic E-state index is 0.221. The molecule has 2 rings (SSSR count). The molecule has 1 amide bonds. The predicted octanol–water partition coefficient (Wildman–Crippen LogP) is 4.53. The summed E-state index contributed by atoms with van der Waals surface area (Å²) in [6, 6.07) is 14.4. The first-order chi connectivity index (χ1) is 11.1. The molecule has 4 nitrogen and oxygen atoms in total. The Bertz CT molecular complexity index is 660. The van der Waals surface area contributed by atoms with E-state index in [1.807, 2.05) is 44.2 Å². The van der Waals surface area contributed by atoms with E-state index in [0.717, 1.165) is 0 Å². The van der Waals surface area contributed by atoms with Crippen molar-refractivity contribution < 1.29 is 14.3 Å². The molecule has 0 aliphatic heterocycles. The third kappa shape index (κ3) is 4.89. The van der Waals surface area contributed by atoms with Gasteiger partial charge in [-0.2, -0.15) is 0 Å². The minimum atomic E-state index is -0.620. The van der Waals surface area contributed by atoms with E-state index in [4.69, 9.17) is 21.1 Å². The average Bonchev–Trinajstić information content (AvgIpc) is 2.54. The lowest BCUT2D eigenvalue weighted by molar-refractivity contribution is -0.122. The summed E-state index contributed by atoms with van der Waals surface area (Å²) >= 11 is 6.07. The monoisotopic (exact) mass is 333 g/mol. The highest BCUT2D eigenvalue weighted by molar-refractivity contribution is 6.32. The van der Waals surface area contributed by atoms with Crippen LogP contribution in [0.25, 0.3) is 0 Å². The van der Waals surface area contributed by atoms with Gasteiger partial charge >= 0.3 is 0 Å². The standard InChI is InChI=1S/C18H20ClNO3/c1-3-16(23-17-11-6-5-10-15(17)19)18(21)20-13-8-7-9-14(12-13)22-4-2/h5-12,16H,3-4H2,1-2H3,(H,20,21)/t16-/m1/s1. The molecule has 2 aromatic rings. The molecule has 0 fully saturated rings. The molecular formula is C18H20ClNO3. The van der Waals surface area contributed by atoms with Crippen molar-refractivity contribution in [1.82, 2.24) is 0 Å². The molecule has 0 aromatic heterocycles. The molecule has 0 aliphatic carbocycles. The maximum Gasteiger partial charge on any atom is 0.265 e. The Morgan fingerprint density at radius 1 is 1.17 bits per heavy atom. The summed E-state index contributed by atoms with van der Waals surface area (Å²) in [4.78, 5) is 12.4. The van der Waals surface area contributed by atoms with Gasteiger partial charge in [-0.3, -0.25) is 4.79 Å². The Labute approximate surface area is 141 Å². The molecule has 1 atom stereocenters. The number of hydrogen-bond acceptors (Lipinski definition) is 3. The zero-order valence-electron chi connectivity index (χ0n) is 13.2. The second-order valence-electron chi connectivity index (χ2n) is 4.90. The molecule has 5 heteroatoms. The number of halogens is 1. The first-order valence-electron chi connectivity index (χ1n) is 7.59. The number of para-hydroxylation sites is 1. The smallest absolute Gasteiger partial charge is 0.265 e. The van der Waals surface area contributed by atoms with Gasteiger partial charge in [-0.05, 0) is 37.6 Å². The SMILES string of the molecule is CCOc1cccc(NC(=O)[C@@H](CC)Oc2ccccc2Cl)c1. The van der Waals surface area contributed by atoms with Gasteiger partial charge in [-0.25, -0.2) is 0 Å². The van der Waals surface area contributed by atoms with Crippen LogP contribution in [-0.4, -0.2) is 18.6 Å². The maximum atomic E-state index is 12.4. The van der Waals surface area contributed by atoms with Gasteiger partial charge in [0.25, 0.3) is 5.91 Å². The lowest BCUT2D eigenvalue weighted by atomic mass is 10.2. The molecule has 0 unspecified atom stereocenters. The van der Waals surface area contributed by atoms with E-state index < -0.39 is 6.10 Å². The fraction of sp³-hybridized carbons (Fsp3) is 0.278. The number of nitrogens with one attached hydrogen (secondary N) is 1. The number of carbonyl (C=O) groups excluding carboxylic acids is 1. The minimum Gasteiger partial charge on any atom is -0.494 e. The number of hydrogen-bond donors (Lipinski definition) is 1. The summed E-state index contributed by atoms with van der Waals surface area (Å²) < 4.78 is 11.2. The van der Waals surface area contributed by atoms with Crippen LogP contribution in [0.4, 0.5) is 5.69 Å². The number of carbonyl (C=O) groups is 1. The van der Waals surface area contributed by atoms with Crippen molar-refractivity contribution in [3.8, 4) is 11.5 Å². The van der Waals surface area contributed by atoms with Gasteiger partial charge in [-0.15, -0.1) is 0 Å². The first kappa shape index (κ1) is 17.2. The van der Waals surface area contributed by atoms with Crippen LogP contribution in [-0.2, 0) is 4.79 Å². The van der Waals surface area contributed by atoms with Crippen molar-refractivity contribution >= 4 is 23.2 Å². The summed E-state index contributed by atoms with van der Waals surface area (Å²) in [7, 11) is 0. The van der Waals surface area contributed by atoms with Crippen LogP contribution in [0.5, 0.6) is 11.5 Å². The zero-order valence-corrected chi connectivity index (χ0v) is 14.0. The van der Waals surface area contributed by atoms with E-state index in [1.165, 1.54) is 0 Å². The van der Waals surface area contributed by atoms with Gasteiger partial charge in [0.2, 0.25) is 0 Å². The second-order valence-corrected chi connectivity index (χ2v) is 5.30. The van der Waals surface area contributed by atoms with Crippen LogP contribution in [0, 0.1) is 0 Å². The van der Waals surface area contributed by atoms with E-state index in [2.05, 4.69) is 5.32 Å². The Kier molecular flexibility index (Phi) is 6.29. The van der Waals surface area contributed by atoms with E-state index >= 15 is 0 Å². The van der Waals surface area contributed by atoms with Gasteiger partial charge < -0.3 is 14.8 Å². The molecule has 1 N–H and O–H groups in total. The van der Waals surface area contributed by atoms with Gasteiger partial charge in [0.15, 0.2) is 6.10 Å². The normalized spacial score (nSPS) is 11.6. The van der Waals surface area contributed by atoms with Crippen LogP contribution in [0.15, 0.2) is 48.5 Å². The molecular weight excluding hydrogens is 314 g/mol. The number of benzene rings is 2. The molecule has 0 spiro atoms. The van der Waals surface area contributed by atoms with E-state index in [0.29, 0.717) is 35.2 Å². The second kappa shape index (κ2) is 8.44. The number of amides is 1. The molecule has 0 heterocycles. The topological polar surface area (TPSA) is 47.6 Å². The summed E-state index contributed by atoms with van der Waals surface area (Å²) in [6.07, 6.45) is -0.0898. The summed E-state index contributed by atoms with van der Waals surface area (Å²) in [5, 5.41) is 3.33. The van der Waals surface area contributed by atoms with Gasteiger partial charge in [0, 0.05) is 11.8 Å². The fourth-order valence-electron chi connectivity index (χ4n) is 2.07. The zero-order chi connectivity index (χ0) is 16.7. The van der Waals surface area contributed by atoms with Crippen LogP contribution in [0.1, 0.15) is 20.3 Å². The molecule has 0 saturated heterocycles. The van der Waals surface area contributed by atoms with Crippen molar-refractivity contribution in [3.05, 3.63) is 53.6 Å². The van der Waals surface area contributed by atoms with Crippen molar-refractivity contribution in [2.75, 3.05) is 11.9 Å². The number of rotatable bonds is 7. The summed E-state index contributed by atoms with van der Waals surface area (Å²) in [6.45, 7) is 4.37. The quantitative estimate of drug-likeness (QED) is 0.809. The van der Waals surface area contributed by atoms with Crippen molar-refractivity contribution in [3.63, 3.8) is 0 Å². The third-order valence-electron chi connectivity index (χ3n) is 3.18. The Morgan fingerprint density at radius 3 is 2.65 bits per heavy atom. The van der Waals surface area contributed by atoms with E-state index in [-0.39, 0.29) is 5.91 Å². The van der Waals surface area contributed by atoms with Gasteiger partial charge in [0.1, 0.15) is 11.5 Å². The molecule has 122 valence electrons. The van der Waals surface area contributed by atoms with Crippen LogP contribution >= 0.6 is 11.6 Å². The largest absolute Gasteiger partial charge is 0.494 e. The van der Waals surface area contributed by atoms with Crippen molar-refractivity contribution in [2.45, 2.75) is 26.4 Å². The maximum absolute atomic E-state index is 12.4. The van der Waals surface area contributed by atoms with Crippen LogP contribution in [0.2, 0.25) is 5.02 Å². The highest BCUT2D eigenvalue weighted by Crippen LogP contribution is 2.25. The van der Waals surface area contributed by atoms with Crippen molar-refractivity contribution in [1.29, 1.82) is 0 Å². The first-order valence-corrected chi connectivity index (χ1v) is 7.96.